The van der Waals surface area contributed by atoms with Crippen LogP contribution in [-0.2, 0) is 6.54 Å². The molecule has 134 valence electrons. The molecular weight excluding hydrogens is 378 g/mol. The minimum atomic E-state index is -0.147. The first-order valence-corrected chi connectivity index (χ1v) is 9.61. The van der Waals surface area contributed by atoms with Crippen molar-refractivity contribution in [1.29, 1.82) is 0 Å². The summed E-state index contributed by atoms with van der Waals surface area (Å²) in [6.07, 6.45) is 3.46. The van der Waals surface area contributed by atoms with Crippen molar-refractivity contribution in [2.75, 3.05) is 0 Å². The fourth-order valence-electron chi connectivity index (χ4n) is 2.78. The Morgan fingerprint density at radius 1 is 1.07 bits per heavy atom. The summed E-state index contributed by atoms with van der Waals surface area (Å²) in [6, 6.07) is 19.3. The Hall–Kier alpha value is -2.76. The summed E-state index contributed by atoms with van der Waals surface area (Å²) in [6.45, 7) is 0.424. The van der Waals surface area contributed by atoms with Crippen LogP contribution in [0.15, 0.2) is 82.8 Å². The number of halogens is 1. The molecule has 0 aliphatic heterocycles. The number of aromatic nitrogens is 2. The lowest BCUT2D eigenvalue weighted by Crippen LogP contribution is -2.23. The Morgan fingerprint density at radius 2 is 1.89 bits per heavy atom. The van der Waals surface area contributed by atoms with E-state index < -0.39 is 0 Å². The van der Waals surface area contributed by atoms with Crippen molar-refractivity contribution in [3.05, 3.63) is 89.3 Å². The molecule has 0 spiro atoms. The largest absolute Gasteiger partial charge is 0.350 e. The van der Waals surface area contributed by atoms with Gasteiger partial charge in [-0.15, -0.1) is 0 Å². The van der Waals surface area contributed by atoms with Crippen molar-refractivity contribution in [3.63, 3.8) is 0 Å². The fraction of sp³-hybridized carbons (Fsp3) is 0.0476. The van der Waals surface area contributed by atoms with Gasteiger partial charge in [0.05, 0.1) is 4.90 Å². The highest BCUT2D eigenvalue weighted by Crippen LogP contribution is 2.37. The van der Waals surface area contributed by atoms with Gasteiger partial charge in [0.15, 0.2) is 0 Å². The van der Waals surface area contributed by atoms with Crippen molar-refractivity contribution in [2.45, 2.75) is 16.3 Å². The topological polar surface area (TPSA) is 57.8 Å². The third-order valence-electron chi connectivity index (χ3n) is 4.09. The fourth-order valence-corrected chi connectivity index (χ4v) is 3.94. The second-order valence-corrected chi connectivity index (χ2v) is 7.49. The summed E-state index contributed by atoms with van der Waals surface area (Å²) in [7, 11) is 0. The average molecular weight is 394 g/mol. The number of nitrogens with zero attached hydrogens (tertiary/aromatic N) is 1. The van der Waals surface area contributed by atoms with Crippen LogP contribution in [0.3, 0.4) is 0 Å². The molecule has 0 fully saturated rings. The molecule has 2 aromatic heterocycles. The number of amides is 1. The summed E-state index contributed by atoms with van der Waals surface area (Å²) in [4.78, 5) is 22.1. The number of pyridine rings is 1. The van der Waals surface area contributed by atoms with Crippen LogP contribution >= 0.6 is 23.4 Å². The Balaban J connectivity index is 1.64. The van der Waals surface area contributed by atoms with Crippen LogP contribution in [-0.4, -0.2) is 15.9 Å². The maximum atomic E-state index is 12.9. The van der Waals surface area contributed by atoms with E-state index in [0.29, 0.717) is 17.3 Å². The minimum absolute atomic E-state index is 0.147. The highest BCUT2D eigenvalue weighted by Gasteiger charge is 2.18. The molecule has 0 radical (unpaired) electrons. The van der Waals surface area contributed by atoms with Gasteiger partial charge in [-0.2, -0.15) is 0 Å². The van der Waals surface area contributed by atoms with Crippen molar-refractivity contribution in [3.8, 4) is 0 Å². The van der Waals surface area contributed by atoms with E-state index in [0.717, 1.165) is 26.3 Å². The molecule has 0 unspecified atom stereocenters. The van der Waals surface area contributed by atoms with Gasteiger partial charge in [0, 0.05) is 39.8 Å². The summed E-state index contributed by atoms with van der Waals surface area (Å²) in [5.74, 6) is -0.147. The molecule has 4 aromatic rings. The maximum absolute atomic E-state index is 12.9. The van der Waals surface area contributed by atoms with E-state index in [1.165, 1.54) is 0 Å². The Labute approximate surface area is 166 Å². The van der Waals surface area contributed by atoms with E-state index in [4.69, 9.17) is 11.6 Å². The average Bonchev–Trinajstić information content (AvgIpc) is 3.07. The van der Waals surface area contributed by atoms with Gasteiger partial charge < -0.3 is 10.3 Å². The highest BCUT2D eigenvalue weighted by molar-refractivity contribution is 7.99. The smallest absolute Gasteiger partial charge is 0.269 e. The van der Waals surface area contributed by atoms with E-state index in [-0.39, 0.29) is 5.91 Å². The standard InChI is InChI=1S/C21H16ClN3OS/c22-15-7-9-16(10-8-15)27-20-17-5-1-2-6-18(17)25-19(20)21(26)24-13-14-4-3-11-23-12-14/h1-12,25H,13H2,(H,24,26). The van der Waals surface area contributed by atoms with E-state index in [9.17, 15) is 4.79 Å². The zero-order valence-electron chi connectivity index (χ0n) is 14.3. The molecule has 0 saturated carbocycles. The van der Waals surface area contributed by atoms with Crippen molar-refractivity contribution < 1.29 is 4.79 Å². The molecular formula is C21H16ClN3OS. The molecule has 4 nitrogen and oxygen atoms in total. The van der Waals surface area contributed by atoms with Crippen LogP contribution in [0, 0.1) is 0 Å². The number of carbonyl (C=O) groups is 1. The normalized spacial score (nSPS) is 10.9. The minimum Gasteiger partial charge on any atom is -0.350 e. The van der Waals surface area contributed by atoms with E-state index >= 15 is 0 Å². The first kappa shape index (κ1) is 17.6. The molecule has 0 saturated heterocycles. The molecule has 0 atom stereocenters. The Bertz CT molecular complexity index is 1080. The zero-order chi connectivity index (χ0) is 18.6. The van der Waals surface area contributed by atoms with Crippen molar-refractivity contribution in [2.24, 2.45) is 0 Å². The summed E-state index contributed by atoms with van der Waals surface area (Å²) >= 11 is 7.53. The van der Waals surface area contributed by atoms with Gasteiger partial charge in [0.2, 0.25) is 0 Å². The molecule has 0 bridgehead atoms. The number of hydrogen-bond donors (Lipinski definition) is 2. The molecule has 6 heteroatoms. The third-order valence-corrected chi connectivity index (χ3v) is 5.48. The van der Waals surface area contributed by atoms with Gasteiger partial charge in [-0.05, 0) is 42.0 Å². The Morgan fingerprint density at radius 3 is 2.67 bits per heavy atom. The molecule has 2 aromatic carbocycles. The zero-order valence-corrected chi connectivity index (χ0v) is 15.8. The molecule has 0 aliphatic carbocycles. The van der Waals surface area contributed by atoms with Gasteiger partial charge in [-0.1, -0.05) is 47.6 Å². The lowest BCUT2D eigenvalue weighted by molar-refractivity contribution is 0.0944. The van der Waals surface area contributed by atoms with Crippen LogP contribution in [0.1, 0.15) is 16.1 Å². The van der Waals surface area contributed by atoms with Crippen molar-refractivity contribution >= 4 is 40.2 Å². The number of para-hydroxylation sites is 1. The number of H-pyrrole nitrogens is 1. The van der Waals surface area contributed by atoms with Gasteiger partial charge in [-0.25, -0.2) is 0 Å². The maximum Gasteiger partial charge on any atom is 0.269 e. The first-order chi connectivity index (χ1) is 13.2. The van der Waals surface area contributed by atoms with Gasteiger partial charge >= 0.3 is 0 Å². The molecule has 2 heterocycles. The molecule has 1 amide bonds. The Kier molecular flexibility index (Phi) is 5.14. The highest BCUT2D eigenvalue weighted by atomic mass is 35.5. The number of carbonyl (C=O) groups excluding carboxylic acids is 1. The van der Waals surface area contributed by atoms with Gasteiger partial charge in [0.1, 0.15) is 5.69 Å². The second-order valence-electron chi connectivity index (χ2n) is 5.97. The monoisotopic (exact) mass is 393 g/mol. The van der Waals surface area contributed by atoms with Gasteiger partial charge in [0.25, 0.3) is 5.91 Å². The van der Waals surface area contributed by atoms with Crippen LogP contribution in [0.2, 0.25) is 5.02 Å². The second kappa shape index (κ2) is 7.86. The van der Waals surface area contributed by atoms with E-state index in [1.807, 2.05) is 60.7 Å². The summed E-state index contributed by atoms with van der Waals surface area (Å²) in [5, 5.41) is 4.67. The number of aromatic amines is 1. The van der Waals surface area contributed by atoms with Crippen LogP contribution in [0.4, 0.5) is 0 Å². The molecule has 4 rings (SSSR count). The lowest BCUT2D eigenvalue weighted by Gasteiger charge is -2.07. The van der Waals surface area contributed by atoms with Crippen LogP contribution in [0.25, 0.3) is 10.9 Å². The van der Waals surface area contributed by atoms with Crippen LogP contribution < -0.4 is 5.32 Å². The molecule has 0 aliphatic rings. The number of fused-ring (bicyclic) bond motifs is 1. The first-order valence-electron chi connectivity index (χ1n) is 8.42. The quantitative estimate of drug-likeness (QED) is 0.484. The lowest BCUT2D eigenvalue weighted by atomic mass is 10.2. The predicted molar refractivity (Wildman–Crippen MR) is 109 cm³/mol. The van der Waals surface area contributed by atoms with Gasteiger partial charge in [-0.3, -0.25) is 9.78 Å². The van der Waals surface area contributed by atoms with Crippen LogP contribution in [0.5, 0.6) is 0 Å². The third kappa shape index (κ3) is 3.99. The summed E-state index contributed by atoms with van der Waals surface area (Å²) < 4.78 is 0. The SMILES string of the molecule is O=C(NCc1cccnc1)c1[nH]c2ccccc2c1Sc1ccc(Cl)cc1. The number of nitrogens with one attached hydrogen (secondary N) is 2. The summed E-state index contributed by atoms with van der Waals surface area (Å²) in [5.41, 5.74) is 2.44. The number of rotatable bonds is 5. The van der Waals surface area contributed by atoms with E-state index in [1.54, 1.807) is 24.2 Å². The number of hydrogen-bond acceptors (Lipinski definition) is 3. The van der Waals surface area contributed by atoms with E-state index in [2.05, 4.69) is 15.3 Å². The number of benzene rings is 2. The molecule has 27 heavy (non-hydrogen) atoms. The molecule has 2 N–H and O–H groups in total. The van der Waals surface area contributed by atoms with Crippen molar-refractivity contribution in [1.82, 2.24) is 15.3 Å². The predicted octanol–water partition coefficient (Wildman–Crippen LogP) is 5.30.